The summed E-state index contributed by atoms with van der Waals surface area (Å²) in [7, 11) is 0. The molecule has 0 amide bonds. The fourth-order valence-corrected chi connectivity index (χ4v) is 11.8. The highest BCUT2D eigenvalue weighted by molar-refractivity contribution is 7.26. The number of hydrogen-bond acceptors (Lipinski definition) is 3. The van der Waals surface area contributed by atoms with Gasteiger partial charge in [0.1, 0.15) is 0 Å². The van der Waals surface area contributed by atoms with Crippen LogP contribution in [0.3, 0.4) is 0 Å². The van der Waals surface area contributed by atoms with Crippen molar-refractivity contribution in [3.63, 3.8) is 0 Å². The first kappa shape index (κ1) is 36.5. The van der Waals surface area contributed by atoms with E-state index >= 15 is 0 Å². The normalized spacial score (nSPS) is 15.9. The molecule has 0 unspecified atom stereocenters. The molecular formula is C55H51BN2S. The van der Waals surface area contributed by atoms with Crippen LogP contribution in [0.25, 0.3) is 42.4 Å². The lowest BCUT2D eigenvalue weighted by molar-refractivity contribution is 0.332. The number of benzene rings is 7. The number of para-hydroxylation sites is 1. The lowest BCUT2D eigenvalue weighted by atomic mass is 9.43. The van der Waals surface area contributed by atoms with Crippen LogP contribution in [-0.4, -0.2) is 6.85 Å². The Morgan fingerprint density at radius 3 is 2.10 bits per heavy atom. The molecule has 2 aliphatic heterocycles. The summed E-state index contributed by atoms with van der Waals surface area (Å²) >= 11 is 1.91. The Morgan fingerprint density at radius 2 is 1.34 bits per heavy atom. The van der Waals surface area contributed by atoms with E-state index in [4.69, 9.17) is 0 Å². The van der Waals surface area contributed by atoms with Crippen molar-refractivity contribution in [2.45, 2.75) is 84.5 Å². The van der Waals surface area contributed by atoms with Crippen molar-refractivity contribution < 1.29 is 0 Å². The minimum atomic E-state index is -0.0356. The summed E-state index contributed by atoms with van der Waals surface area (Å²) in [5, 5.41) is 2.67. The average Bonchev–Trinajstić information content (AvgIpc) is 3.64. The van der Waals surface area contributed by atoms with Gasteiger partial charge < -0.3 is 9.71 Å². The highest BCUT2D eigenvalue weighted by Gasteiger charge is 2.48. The Hall–Kier alpha value is -5.58. The highest BCUT2D eigenvalue weighted by Crippen LogP contribution is 2.55. The number of nitrogens with zero attached hydrogens (tertiary/aromatic N) is 2. The van der Waals surface area contributed by atoms with Crippen LogP contribution < -0.4 is 20.6 Å². The third-order valence-electron chi connectivity index (χ3n) is 13.9. The van der Waals surface area contributed by atoms with E-state index in [1.807, 2.05) is 11.3 Å². The second-order valence-corrected chi connectivity index (χ2v) is 19.8. The average molecular weight is 783 g/mol. The van der Waals surface area contributed by atoms with Crippen molar-refractivity contribution in [3.8, 4) is 22.3 Å². The van der Waals surface area contributed by atoms with E-state index < -0.39 is 0 Å². The topological polar surface area (TPSA) is 6.48 Å². The van der Waals surface area contributed by atoms with Gasteiger partial charge in [-0.2, -0.15) is 0 Å². The predicted molar refractivity (Wildman–Crippen MR) is 257 cm³/mol. The molecule has 7 aromatic carbocycles. The fourth-order valence-electron chi connectivity index (χ4n) is 10.7. The molecule has 3 aliphatic rings. The molecule has 8 aromatic rings. The molecule has 0 N–H and O–H groups in total. The quantitative estimate of drug-likeness (QED) is 0.155. The number of rotatable bonds is 6. The van der Waals surface area contributed by atoms with Crippen LogP contribution in [0.5, 0.6) is 0 Å². The molecule has 290 valence electrons. The van der Waals surface area contributed by atoms with E-state index in [0.29, 0.717) is 0 Å². The first-order valence-electron chi connectivity index (χ1n) is 21.7. The van der Waals surface area contributed by atoms with Crippen molar-refractivity contribution in [1.29, 1.82) is 0 Å². The molecule has 0 bridgehead atoms. The van der Waals surface area contributed by atoms with Gasteiger partial charge in [0.05, 0.1) is 11.4 Å². The summed E-state index contributed by atoms with van der Waals surface area (Å²) < 4.78 is 2.66. The Kier molecular flexibility index (Phi) is 8.34. The lowest BCUT2D eigenvalue weighted by Crippen LogP contribution is -2.61. The Balaban J connectivity index is 1.30. The van der Waals surface area contributed by atoms with Gasteiger partial charge in [-0.3, -0.25) is 0 Å². The van der Waals surface area contributed by atoms with E-state index in [1.54, 1.807) is 0 Å². The van der Waals surface area contributed by atoms with Gasteiger partial charge in [-0.25, -0.2) is 0 Å². The number of thiophene rings is 1. The number of anilines is 5. The first-order valence-corrected chi connectivity index (χ1v) is 22.6. The molecule has 59 heavy (non-hydrogen) atoms. The Morgan fingerprint density at radius 1 is 0.627 bits per heavy atom. The second kappa shape index (κ2) is 13.5. The van der Waals surface area contributed by atoms with Gasteiger partial charge >= 0.3 is 6.85 Å². The largest absolute Gasteiger partial charge is 0.376 e. The zero-order valence-electron chi connectivity index (χ0n) is 35.2. The third kappa shape index (κ3) is 5.59. The molecule has 3 heterocycles. The van der Waals surface area contributed by atoms with Crippen LogP contribution in [0, 0.1) is 6.92 Å². The SMILES string of the molecule is CCCCc1ccc(N2c3cc(C)cc4c3B(c3ccc5sc6ccccc6c5c32)N(c2ccccc2)c2cc3c(cc2-4)C(C)(C)CCC3(C)C)c(-c2ccccc2)c1. The molecule has 0 spiro atoms. The van der Waals surface area contributed by atoms with Crippen molar-refractivity contribution >= 4 is 77.7 Å². The summed E-state index contributed by atoms with van der Waals surface area (Å²) in [6.45, 7) is 14.4. The van der Waals surface area contributed by atoms with E-state index in [2.05, 4.69) is 191 Å². The summed E-state index contributed by atoms with van der Waals surface area (Å²) in [4.78, 5) is 5.39. The zero-order chi connectivity index (χ0) is 40.2. The minimum absolute atomic E-state index is 0.0356. The molecule has 1 aliphatic carbocycles. The van der Waals surface area contributed by atoms with Gasteiger partial charge in [0.15, 0.2) is 0 Å². The summed E-state index contributed by atoms with van der Waals surface area (Å²) in [6, 6.07) is 53.8. The molecule has 0 radical (unpaired) electrons. The highest BCUT2D eigenvalue weighted by atomic mass is 32.1. The second-order valence-electron chi connectivity index (χ2n) is 18.7. The standard InChI is InChI=1S/C55H51BN2S/c1-7-8-17-36-24-26-46(40(32-36)37-18-11-9-12-19-37)57-48-31-35(2)30-42-41-33-43-44(55(5,6)29-28-54(43,3)4)34-47(41)58(38-20-13-10-14-21-38)56(52(42)48)45-25-27-50-51(53(45)57)39-22-15-16-23-49(39)59-50/h9-16,18-27,30-34H,7-8,17,28-29H2,1-6H3. The minimum Gasteiger partial charge on any atom is -0.376 e. The number of aryl methyl sites for hydroxylation is 2. The number of hydrogen-bond donors (Lipinski definition) is 0. The first-order chi connectivity index (χ1) is 28.6. The van der Waals surface area contributed by atoms with Crippen LogP contribution in [0.4, 0.5) is 28.4 Å². The summed E-state index contributed by atoms with van der Waals surface area (Å²) in [5.41, 5.74) is 20.2. The maximum Gasteiger partial charge on any atom is 0.333 e. The van der Waals surface area contributed by atoms with E-state index in [-0.39, 0.29) is 17.7 Å². The summed E-state index contributed by atoms with van der Waals surface area (Å²) in [5.74, 6) is 0. The van der Waals surface area contributed by atoms with Gasteiger partial charge in [-0.1, -0.05) is 126 Å². The van der Waals surface area contributed by atoms with Crippen LogP contribution in [0.2, 0.25) is 0 Å². The van der Waals surface area contributed by atoms with Crippen molar-refractivity contribution in [1.82, 2.24) is 0 Å². The van der Waals surface area contributed by atoms with Gasteiger partial charge in [0.2, 0.25) is 0 Å². The maximum atomic E-state index is 2.71. The smallest absolute Gasteiger partial charge is 0.333 e. The molecule has 0 fully saturated rings. The fraction of sp³-hybridized carbons (Fsp3) is 0.236. The monoisotopic (exact) mass is 782 g/mol. The molecule has 0 saturated carbocycles. The predicted octanol–water partition coefficient (Wildman–Crippen LogP) is 14.4. The third-order valence-corrected chi connectivity index (χ3v) is 15.0. The number of unbranched alkanes of at least 4 members (excludes halogenated alkanes) is 1. The van der Waals surface area contributed by atoms with Gasteiger partial charge in [0.25, 0.3) is 0 Å². The van der Waals surface area contributed by atoms with Gasteiger partial charge in [0, 0.05) is 48.4 Å². The van der Waals surface area contributed by atoms with Crippen molar-refractivity contribution in [2.75, 3.05) is 9.71 Å². The molecule has 0 atom stereocenters. The molecular weight excluding hydrogens is 731 g/mol. The molecule has 1 aromatic heterocycles. The Bertz CT molecular complexity index is 2960. The van der Waals surface area contributed by atoms with Gasteiger partial charge in [-0.15, -0.1) is 11.3 Å². The van der Waals surface area contributed by atoms with E-state index in [0.717, 1.165) is 6.42 Å². The molecule has 4 heteroatoms. The maximum absolute atomic E-state index is 2.71. The van der Waals surface area contributed by atoms with Crippen molar-refractivity contribution in [3.05, 3.63) is 162 Å². The van der Waals surface area contributed by atoms with Crippen LogP contribution in [-0.2, 0) is 17.3 Å². The van der Waals surface area contributed by atoms with Crippen molar-refractivity contribution in [2.24, 2.45) is 0 Å². The van der Waals surface area contributed by atoms with Crippen LogP contribution >= 0.6 is 11.3 Å². The van der Waals surface area contributed by atoms with Crippen LogP contribution in [0.15, 0.2) is 140 Å². The van der Waals surface area contributed by atoms with E-state index in [1.165, 1.54) is 130 Å². The molecule has 0 saturated heterocycles. The molecule has 11 rings (SSSR count). The lowest BCUT2D eigenvalue weighted by Gasteiger charge is -2.48. The zero-order valence-corrected chi connectivity index (χ0v) is 36.0. The van der Waals surface area contributed by atoms with Gasteiger partial charge in [-0.05, 0) is 142 Å². The number of fused-ring (bicyclic) bond motifs is 9. The van der Waals surface area contributed by atoms with Crippen LogP contribution in [0.1, 0.15) is 82.6 Å². The summed E-state index contributed by atoms with van der Waals surface area (Å²) in [6.07, 6.45) is 5.81. The molecule has 2 nitrogen and oxygen atoms in total. The van der Waals surface area contributed by atoms with E-state index in [9.17, 15) is 0 Å². The Labute approximate surface area is 354 Å².